The van der Waals surface area contributed by atoms with Crippen LogP contribution in [0.2, 0.25) is 0 Å². The summed E-state index contributed by atoms with van der Waals surface area (Å²) in [4.78, 5) is 57.3. The number of ether oxygens (including phenoxy) is 1. The molecule has 180 valence electrons. The summed E-state index contributed by atoms with van der Waals surface area (Å²) in [5.41, 5.74) is 4.50. The maximum absolute atomic E-state index is 11.9. The van der Waals surface area contributed by atoms with Crippen LogP contribution in [0.5, 0.6) is 0 Å². The van der Waals surface area contributed by atoms with Crippen molar-refractivity contribution in [3.63, 3.8) is 0 Å². The van der Waals surface area contributed by atoms with Crippen LogP contribution in [0.4, 0.5) is 5.95 Å². The Labute approximate surface area is 175 Å². The molecule has 1 saturated heterocycles. The van der Waals surface area contributed by atoms with Crippen LogP contribution in [0.3, 0.4) is 0 Å². The molecule has 22 heteroatoms. The monoisotopic (exact) mass is 538 g/mol. The quantitative estimate of drug-likeness (QED) is 0.0992. The van der Waals surface area contributed by atoms with Crippen molar-refractivity contribution in [2.24, 2.45) is 0 Å². The number of imidazole rings is 1. The highest BCUT2D eigenvalue weighted by Crippen LogP contribution is 2.66. The number of H-pyrrole nitrogens is 1. The van der Waals surface area contributed by atoms with Crippen LogP contribution >= 0.6 is 23.5 Å². The van der Waals surface area contributed by atoms with Crippen molar-refractivity contribution in [1.82, 2.24) is 19.5 Å². The Kier molecular flexibility index (Phi) is 6.78. The van der Waals surface area contributed by atoms with Crippen molar-refractivity contribution in [1.29, 1.82) is 0 Å². The highest BCUT2D eigenvalue weighted by atomic mass is 31.3. The molecule has 19 nitrogen and oxygen atoms in total. The van der Waals surface area contributed by atoms with Crippen molar-refractivity contribution in [3.05, 3.63) is 16.7 Å². The number of aromatic nitrogens is 4. The van der Waals surface area contributed by atoms with Gasteiger partial charge in [-0.1, -0.05) is 0 Å². The highest BCUT2D eigenvalue weighted by Gasteiger charge is 2.47. The van der Waals surface area contributed by atoms with Gasteiger partial charge in [-0.25, -0.2) is 18.7 Å². The number of hydrogen-bond donors (Lipinski definition) is 8. The number of phosphoric ester groups is 1. The van der Waals surface area contributed by atoms with Crippen molar-refractivity contribution in [3.8, 4) is 0 Å². The predicted octanol–water partition coefficient (Wildman–Crippen LogP) is -2.34. The van der Waals surface area contributed by atoms with Gasteiger partial charge >= 0.3 is 23.5 Å². The molecule has 6 atom stereocenters. The number of phosphoric acid groups is 3. The summed E-state index contributed by atoms with van der Waals surface area (Å²) in [6.45, 7) is -1.01. The maximum atomic E-state index is 11.9. The Bertz CT molecular complexity index is 1210. The number of nitrogens with two attached hydrogens (primary N) is 1. The van der Waals surface area contributed by atoms with Crippen LogP contribution in [0, 0.1) is 0 Å². The first-order valence-electron chi connectivity index (χ1n) is 8.11. The van der Waals surface area contributed by atoms with E-state index < -0.39 is 60.2 Å². The summed E-state index contributed by atoms with van der Waals surface area (Å²) in [5.74, 6) is -0.276. The molecule has 1 aliphatic heterocycles. The minimum atomic E-state index is -5.73. The zero-order chi connectivity index (χ0) is 24.1. The molecule has 1 aliphatic rings. The topological polar surface area (TPSA) is 299 Å². The molecule has 9 N–H and O–H groups in total. The molecular weight excluding hydrogens is 522 g/mol. The zero-order valence-electron chi connectivity index (χ0n) is 15.3. The fourth-order valence-electron chi connectivity index (χ4n) is 2.70. The second kappa shape index (κ2) is 8.66. The second-order valence-electron chi connectivity index (χ2n) is 6.21. The third-order valence-electron chi connectivity index (χ3n) is 3.88. The molecule has 0 saturated carbocycles. The van der Waals surface area contributed by atoms with E-state index in [1.807, 2.05) is 0 Å². The molecule has 32 heavy (non-hydrogen) atoms. The van der Waals surface area contributed by atoms with Crippen LogP contribution in [0.25, 0.3) is 11.2 Å². The maximum Gasteiger partial charge on any atom is 0.490 e. The van der Waals surface area contributed by atoms with Crippen LogP contribution in [0.1, 0.15) is 6.23 Å². The van der Waals surface area contributed by atoms with Gasteiger partial charge in [0.25, 0.3) is 5.56 Å². The summed E-state index contributed by atoms with van der Waals surface area (Å²) in [6, 6.07) is 0. The van der Waals surface area contributed by atoms with E-state index >= 15 is 0 Å². The molecule has 3 heterocycles. The molecule has 0 bridgehead atoms. The summed E-state index contributed by atoms with van der Waals surface area (Å²) < 4.78 is 51.6. The van der Waals surface area contributed by atoms with Crippen molar-refractivity contribution >= 4 is 40.6 Å². The lowest BCUT2D eigenvalue weighted by molar-refractivity contribution is -0.0503. The van der Waals surface area contributed by atoms with E-state index in [0.717, 1.165) is 10.9 Å². The Morgan fingerprint density at radius 2 is 1.78 bits per heavy atom. The average molecular weight is 538 g/mol. The fourth-order valence-corrected chi connectivity index (χ4v) is 5.73. The van der Waals surface area contributed by atoms with Gasteiger partial charge in [0.1, 0.15) is 18.3 Å². The predicted molar refractivity (Wildman–Crippen MR) is 98.3 cm³/mol. The van der Waals surface area contributed by atoms with Crippen molar-refractivity contribution in [2.75, 3.05) is 12.3 Å². The molecule has 1 fully saturated rings. The van der Waals surface area contributed by atoms with Gasteiger partial charge in [0.05, 0.1) is 12.9 Å². The van der Waals surface area contributed by atoms with E-state index in [1.54, 1.807) is 0 Å². The lowest BCUT2D eigenvalue weighted by atomic mass is 11.1. The van der Waals surface area contributed by atoms with E-state index in [4.69, 9.17) is 25.2 Å². The van der Waals surface area contributed by atoms with Crippen LogP contribution in [-0.4, -0.2) is 74.2 Å². The van der Waals surface area contributed by atoms with E-state index in [1.165, 1.54) is 0 Å². The van der Waals surface area contributed by atoms with Gasteiger partial charge in [0.15, 0.2) is 17.4 Å². The van der Waals surface area contributed by atoms with Crippen LogP contribution < -0.4 is 11.3 Å². The first-order valence-corrected chi connectivity index (χ1v) is 12.6. The number of aliphatic hydroxyl groups excluding tert-OH is 2. The lowest BCUT2D eigenvalue weighted by Crippen LogP contribution is -2.33. The summed E-state index contributed by atoms with van der Waals surface area (Å²) in [7, 11) is -16.8. The summed E-state index contributed by atoms with van der Waals surface area (Å²) in [5, 5.41) is 20.4. The number of nitrogens with zero attached hydrogens (tertiary/aromatic N) is 3. The van der Waals surface area contributed by atoms with Gasteiger partial charge in [-0.05, 0) is 0 Å². The van der Waals surface area contributed by atoms with Gasteiger partial charge in [0.2, 0.25) is 5.95 Å². The molecule has 0 aliphatic carbocycles. The molecule has 2 aromatic rings. The number of nitrogen functional groups attached to an aromatic ring is 1. The standard InChI is InChI=1S/C10H16N5O14P3/c11-10-13-7-4(8(18)14-10)12-2-15(7)9-6(17)5(16)3(27-9)1-26-31(22,23)29-32(24,25)28-30(19,20)21/h2-3,5-6,9,16-17H,1H2,(H,22,23)(H,24,25)(H2,19,20,21)(H3,11,13,14,18)/t3-,5-,6-,9-/m1/s1/i1+1,2+1,3+1,4+1,5+1,6+1,7+1,8+1,9+1,10+1,11+1,12+1,13+1,14+1,15+1. The smallest absolute Gasteiger partial charge is 0.387 e. The number of nitrogens with one attached hydrogen (secondary N) is 1. The number of aliphatic hydroxyl groups is 2. The molecule has 2 aromatic heterocycles. The molecule has 0 amide bonds. The molecule has 0 spiro atoms. The largest absolute Gasteiger partial charge is 0.490 e. The minimum absolute atomic E-state index is 0.115. The SMILES string of the molecule is [15NH2][13c]1[15n][13c]2[13c]([15n][13cH][15n]2[13C@@H]2O[13C@H]([13CH2]OP(=O)(O)OP(=O)(O)OP(=O)(O)O)[13C@@H](O)[13C@H]2O)[13c](=O)[15nH]1. The number of aromatic amines is 1. The number of rotatable bonds is 8. The second-order valence-corrected chi connectivity index (χ2v) is 10.6. The Morgan fingerprint density at radius 3 is 2.41 bits per heavy atom. The van der Waals surface area contributed by atoms with Gasteiger partial charge < -0.3 is 40.3 Å². The third kappa shape index (κ3) is 5.67. The van der Waals surface area contributed by atoms with Crippen molar-refractivity contribution in [2.45, 2.75) is 24.5 Å². The average Bonchev–Trinajstić information content (AvgIpc) is 3.12. The minimum Gasteiger partial charge on any atom is -0.387 e. The lowest BCUT2D eigenvalue weighted by Gasteiger charge is -2.19. The zero-order valence-corrected chi connectivity index (χ0v) is 18.0. The first kappa shape index (κ1) is 25.1. The first-order chi connectivity index (χ1) is 14.6. The van der Waals surface area contributed by atoms with Crippen molar-refractivity contribution < 1.29 is 61.4 Å². The van der Waals surface area contributed by atoms with Crippen LogP contribution in [0.15, 0.2) is 11.1 Å². The molecule has 0 radical (unpaired) electrons. The Hall–Kier alpha value is -1.56. The van der Waals surface area contributed by atoms with Gasteiger partial charge in [-0.2, -0.15) is 13.6 Å². The molecule has 0 aromatic carbocycles. The van der Waals surface area contributed by atoms with E-state index in [-0.39, 0.29) is 17.1 Å². The van der Waals surface area contributed by atoms with Gasteiger partial charge in [-0.3, -0.25) is 18.9 Å². The molecular formula is C10H16N5O14P3. The fraction of sp³-hybridized carbons (Fsp3) is 0.500. The molecule has 2 unspecified atom stereocenters. The summed E-state index contributed by atoms with van der Waals surface area (Å²) in [6.07, 6.45) is -5.33. The van der Waals surface area contributed by atoms with Crippen LogP contribution in [-0.2, 0) is 31.6 Å². The van der Waals surface area contributed by atoms with E-state index in [0.29, 0.717) is 0 Å². The Balaban J connectivity index is 1.72. The van der Waals surface area contributed by atoms with Gasteiger partial charge in [-0.15, -0.1) is 0 Å². The van der Waals surface area contributed by atoms with E-state index in [2.05, 4.69) is 28.1 Å². The normalized spacial score (nSPS) is 27.9. The number of anilines is 1. The van der Waals surface area contributed by atoms with Gasteiger partial charge in [0, 0.05) is 0 Å². The molecule has 3 rings (SSSR count). The number of hydrogen-bond acceptors (Lipinski definition) is 13. The third-order valence-corrected chi connectivity index (χ3v) is 7.68. The Morgan fingerprint density at radius 1 is 1.12 bits per heavy atom. The number of fused-ring (bicyclic) bond motifs is 1. The summed E-state index contributed by atoms with van der Waals surface area (Å²) >= 11 is 0. The van der Waals surface area contributed by atoms with E-state index in [9.17, 15) is 33.6 Å². The highest BCUT2D eigenvalue weighted by molar-refractivity contribution is 7.66.